The highest BCUT2D eigenvalue weighted by atomic mass is 32.1. The van der Waals surface area contributed by atoms with Crippen LogP contribution in [0.3, 0.4) is 0 Å². The Morgan fingerprint density at radius 2 is 2.14 bits per heavy atom. The van der Waals surface area contributed by atoms with Gasteiger partial charge in [0.1, 0.15) is 5.82 Å². The van der Waals surface area contributed by atoms with E-state index in [4.69, 9.17) is 0 Å². The average Bonchev–Trinajstić information content (AvgIpc) is 2.98. The molecular weight excluding hydrogens is 293 g/mol. The Morgan fingerprint density at radius 3 is 2.86 bits per heavy atom. The van der Waals surface area contributed by atoms with E-state index in [0.29, 0.717) is 0 Å². The van der Waals surface area contributed by atoms with E-state index in [1.165, 1.54) is 35.8 Å². The monoisotopic (exact) mass is 305 g/mol. The Kier molecular flexibility index (Phi) is 5.16. The molecule has 1 aromatic carbocycles. The fourth-order valence-electron chi connectivity index (χ4n) is 1.46. The summed E-state index contributed by atoms with van der Waals surface area (Å²) < 4.78 is 13.0. The third-order valence-corrected chi connectivity index (χ3v) is 3.23. The standard InChI is InChI=1S/C14H12FN3O2S/c15-11-4-1-3-10(7-11)14(20)16-9-13(19)18-17-8-12-5-2-6-21-12/h1-8H,9H2,(H,16,20)(H,18,19)/b17-8+. The van der Waals surface area contributed by atoms with Crippen molar-refractivity contribution >= 4 is 29.4 Å². The van der Waals surface area contributed by atoms with Crippen LogP contribution >= 0.6 is 11.3 Å². The number of carbonyl (C=O) groups excluding carboxylic acids is 2. The largest absolute Gasteiger partial charge is 0.343 e. The van der Waals surface area contributed by atoms with Gasteiger partial charge in [0.05, 0.1) is 12.8 Å². The van der Waals surface area contributed by atoms with E-state index in [9.17, 15) is 14.0 Å². The minimum atomic E-state index is -0.521. The summed E-state index contributed by atoms with van der Waals surface area (Å²) in [6, 6.07) is 8.95. The minimum absolute atomic E-state index is 0.157. The Morgan fingerprint density at radius 1 is 1.29 bits per heavy atom. The van der Waals surface area contributed by atoms with E-state index in [1.54, 1.807) is 0 Å². The second-order valence-corrected chi connectivity index (χ2v) is 4.98. The number of nitrogens with zero attached hydrogens (tertiary/aromatic N) is 1. The van der Waals surface area contributed by atoms with Crippen molar-refractivity contribution in [2.75, 3.05) is 6.54 Å². The summed E-state index contributed by atoms with van der Waals surface area (Å²) in [5.74, 6) is -1.49. The van der Waals surface area contributed by atoms with Crippen LogP contribution in [0.25, 0.3) is 0 Å². The van der Waals surface area contributed by atoms with Gasteiger partial charge in [-0.05, 0) is 29.6 Å². The Balaban J connectivity index is 1.77. The Bertz CT molecular complexity index is 656. The predicted octanol–water partition coefficient (Wildman–Crippen LogP) is 1.77. The van der Waals surface area contributed by atoms with Crippen LogP contribution in [0.5, 0.6) is 0 Å². The van der Waals surface area contributed by atoms with E-state index in [0.717, 1.165) is 10.9 Å². The molecule has 1 heterocycles. The van der Waals surface area contributed by atoms with Crippen molar-refractivity contribution in [3.05, 3.63) is 58.0 Å². The fourth-order valence-corrected chi connectivity index (χ4v) is 2.05. The first-order valence-electron chi connectivity index (χ1n) is 6.04. The lowest BCUT2D eigenvalue weighted by Gasteiger charge is -2.04. The zero-order valence-corrected chi connectivity index (χ0v) is 11.7. The predicted molar refractivity (Wildman–Crippen MR) is 78.8 cm³/mol. The number of nitrogens with one attached hydrogen (secondary N) is 2. The molecule has 1 aromatic heterocycles. The van der Waals surface area contributed by atoms with Crippen LogP contribution in [0.1, 0.15) is 15.2 Å². The van der Waals surface area contributed by atoms with Crippen molar-refractivity contribution in [1.82, 2.24) is 10.7 Å². The van der Waals surface area contributed by atoms with Gasteiger partial charge in [-0.25, -0.2) is 9.82 Å². The summed E-state index contributed by atoms with van der Waals surface area (Å²) in [7, 11) is 0. The molecular formula is C14H12FN3O2S. The molecule has 0 aliphatic carbocycles. The molecule has 2 N–H and O–H groups in total. The van der Waals surface area contributed by atoms with E-state index in [-0.39, 0.29) is 12.1 Å². The molecule has 0 radical (unpaired) electrons. The maximum atomic E-state index is 13.0. The van der Waals surface area contributed by atoms with Crippen LogP contribution in [0, 0.1) is 5.82 Å². The molecule has 2 amide bonds. The van der Waals surface area contributed by atoms with Gasteiger partial charge in [-0.2, -0.15) is 5.10 Å². The first kappa shape index (κ1) is 14.9. The summed E-state index contributed by atoms with van der Waals surface area (Å²) in [4.78, 5) is 24.0. The molecule has 0 aliphatic rings. The molecule has 108 valence electrons. The molecule has 2 aromatic rings. The van der Waals surface area contributed by atoms with Crippen LogP contribution < -0.4 is 10.7 Å². The molecule has 0 spiro atoms. The van der Waals surface area contributed by atoms with Gasteiger partial charge in [-0.1, -0.05) is 12.1 Å². The lowest BCUT2D eigenvalue weighted by Crippen LogP contribution is -2.34. The second-order valence-electron chi connectivity index (χ2n) is 4.00. The number of benzene rings is 1. The number of hydrogen-bond donors (Lipinski definition) is 2. The Hall–Kier alpha value is -2.54. The van der Waals surface area contributed by atoms with Crippen LogP contribution in [0.2, 0.25) is 0 Å². The van der Waals surface area contributed by atoms with Crippen LogP contribution in [0.4, 0.5) is 4.39 Å². The van der Waals surface area contributed by atoms with Gasteiger partial charge in [-0.3, -0.25) is 9.59 Å². The molecule has 0 saturated carbocycles. The Labute approximate surface area is 124 Å². The lowest BCUT2D eigenvalue weighted by atomic mass is 10.2. The average molecular weight is 305 g/mol. The summed E-state index contributed by atoms with van der Waals surface area (Å²) >= 11 is 1.49. The van der Waals surface area contributed by atoms with Crippen molar-refractivity contribution in [3.63, 3.8) is 0 Å². The highest BCUT2D eigenvalue weighted by Crippen LogP contribution is 2.04. The summed E-state index contributed by atoms with van der Waals surface area (Å²) in [6.07, 6.45) is 1.51. The van der Waals surface area contributed by atoms with E-state index in [2.05, 4.69) is 15.8 Å². The first-order chi connectivity index (χ1) is 10.1. The van der Waals surface area contributed by atoms with E-state index in [1.807, 2.05) is 17.5 Å². The molecule has 5 nitrogen and oxygen atoms in total. The SMILES string of the molecule is O=C(CNC(=O)c1cccc(F)c1)N/N=C/c1cccs1. The molecule has 7 heteroatoms. The van der Waals surface area contributed by atoms with E-state index < -0.39 is 17.6 Å². The normalized spacial score (nSPS) is 10.5. The van der Waals surface area contributed by atoms with Gasteiger partial charge in [0.2, 0.25) is 0 Å². The maximum Gasteiger partial charge on any atom is 0.259 e. The van der Waals surface area contributed by atoms with Gasteiger partial charge in [0, 0.05) is 10.4 Å². The van der Waals surface area contributed by atoms with Crippen molar-refractivity contribution in [3.8, 4) is 0 Å². The summed E-state index contributed by atoms with van der Waals surface area (Å²) in [6.45, 7) is -0.239. The number of halogens is 1. The molecule has 2 rings (SSSR count). The molecule has 0 fully saturated rings. The number of rotatable bonds is 5. The number of amides is 2. The summed E-state index contributed by atoms with van der Waals surface area (Å²) in [5, 5.41) is 8.03. The lowest BCUT2D eigenvalue weighted by molar-refractivity contribution is -0.120. The van der Waals surface area contributed by atoms with E-state index >= 15 is 0 Å². The molecule has 0 atom stereocenters. The number of thiophene rings is 1. The van der Waals surface area contributed by atoms with Gasteiger partial charge in [-0.15, -0.1) is 11.3 Å². The van der Waals surface area contributed by atoms with Crippen molar-refractivity contribution < 1.29 is 14.0 Å². The van der Waals surface area contributed by atoms with Crippen molar-refractivity contribution in [1.29, 1.82) is 0 Å². The summed E-state index contributed by atoms with van der Waals surface area (Å²) in [5.41, 5.74) is 2.44. The van der Waals surface area contributed by atoms with Gasteiger partial charge in [0.25, 0.3) is 11.8 Å². The fraction of sp³-hybridized carbons (Fsp3) is 0.0714. The first-order valence-corrected chi connectivity index (χ1v) is 6.92. The second kappa shape index (κ2) is 7.30. The molecule has 21 heavy (non-hydrogen) atoms. The third-order valence-electron chi connectivity index (χ3n) is 2.42. The number of carbonyl (C=O) groups is 2. The maximum absolute atomic E-state index is 13.0. The van der Waals surface area contributed by atoms with Gasteiger partial charge >= 0.3 is 0 Å². The van der Waals surface area contributed by atoms with Crippen molar-refractivity contribution in [2.24, 2.45) is 5.10 Å². The van der Waals surface area contributed by atoms with Gasteiger partial charge < -0.3 is 5.32 Å². The molecule has 0 saturated heterocycles. The molecule has 0 aliphatic heterocycles. The number of hydrogen-bond acceptors (Lipinski definition) is 4. The van der Waals surface area contributed by atoms with Crippen molar-refractivity contribution in [2.45, 2.75) is 0 Å². The minimum Gasteiger partial charge on any atom is -0.343 e. The van der Waals surface area contributed by atoms with Crippen LogP contribution in [-0.4, -0.2) is 24.6 Å². The highest BCUT2D eigenvalue weighted by Gasteiger charge is 2.08. The zero-order valence-electron chi connectivity index (χ0n) is 10.9. The number of hydrazone groups is 1. The molecule has 0 bridgehead atoms. The molecule has 0 unspecified atom stereocenters. The quantitative estimate of drug-likeness (QED) is 0.653. The van der Waals surface area contributed by atoms with Gasteiger partial charge in [0.15, 0.2) is 0 Å². The zero-order chi connectivity index (χ0) is 15.1. The van der Waals surface area contributed by atoms with Crippen LogP contribution in [0.15, 0.2) is 46.9 Å². The smallest absolute Gasteiger partial charge is 0.259 e. The third kappa shape index (κ3) is 4.81. The highest BCUT2D eigenvalue weighted by molar-refractivity contribution is 7.11. The van der Waals surface area contributed by atoms with Crippen LogP contribution in [-0.2, 0) is 4.79 Å². The topological polar surface area (TPSA) is 70.6 Å².